The van der Waals surface area contributed by atoms with Crippen LogP contribution in [0.2, 0.25) is 0 Å². The third kappa shape index (κ3) is 6.25. The standard InChI is InChI=1S/C20H28FN5.2CH2O2/c1-14-18(15(2)24(3)23-14)13-25-11-16-6-9-26(10-7-17(16)12-25)20-19(21)5-4-8-22-20;2*2-1-3/h4-5,8,16-17H,6-7,9-13H2,1-3H3;2*1H,(H,2,3)/t16-,17+;;. The predicted molar refractivity (Wildman–Crippen MR) is 118 cm³/mol. The fourth-order valence-electron chi connectivity index (χ4n) is 4.67. The Kier molecular flexibility index (Phi) is 9.58. The summed E-state index contributed by atoms with van der Waals surface area (Å²) in [5.74, 6) is 1.71. The highest BCUT2D eigenvalue weighted by Crippen LogP contribution is 2.34. The van der Waals surface area contributed by atoms with Crippen LogP contribution in [0.5, 0.6) is 0 Å². The Hall–Kier alpha value is -3.01. The molecule has 32 heavy (non-hydrogen) atoms. The van der Waals surface area contributed by atoms with Gasteiger partial charge in [0.25, 0.3) is 12.9 Å². The summed E-state index contributed by atoms with van der Waals surface area (Å²) in [6.07, 6.45) is 3.91. The predicted octanol–water partition coefficient (Wildman–Crippen LogP) is 2.32. The third-order valence-electron chi connectivity index (χ3n) is 6.27. The molecule has 0 aliphatic carbocycles. The lowest BCUT2D eigenvalue weighted by Gasteiger charge is -2.23. The number of halogens is 1. The van der Waals surface area contributed by atoms with Crippen molar-refractivity contribution in [2.45, 2.75) is 33.2 Å². The number of carbonyl (C=O) groups is 2. The van der Waals surface area contributed by atoms with Crippen LogP contribution in [-0.2, 0) is 23.2 Å². The molecule has 2 saturated heterocycles. The van der Waals surface area contributed by atoms with Crippen LogP contribution in [0.1, 0.15) is 29.8 Å². The van der Waals surface area contributed by atoms with Gasteiger partial charge in [0.1, 0.15) is 0 Å². The summed E-state index contributed by atoms with van der Waals surface area (Å²) in [5, 5.41) is 18.3. The molecular weight excluding hydrogens is 417 g/mol. The first kappa shape index (κ1) is 25.3. The second kappa shape index (κ2) is 12.1. The molecule has 4 heterocycles. The van der Waals surface area contributed by atoms with Gasteiger partial charge in [-0.1, -0.05) is 0 Å². The van der Waals surface area contributed by atoms with Crippen LogP contribution in [-0.4, -0.2) is 69.0 Å². The Morgan fingerprint density at radius 1 is 1.12 bits per heavy atom. The number of anilines is 1. The number of carboxylic acid groups (broad SMARTS) is 2. The summed E-state index contributed by atoms with van der Waals surface area (Å²) in [5.41, 5.74) is 3.79. The van der Waals surface area contributed by atoms with E-state index in [1.165, 1.54) is 17.3 Å². The number of rotatable bonds is 3. The van der Waals surface area contributed by atoms with Crippen molar-refractivity contribution in [2.75, 3.05) is 31.1 Å². The van der Waals surface area contributed by atoms with Crippen molar-refractivity contribution in [1.29, 1.82) is 0 Å². The second-order valence-electron chi connectivity index (χ2n) is 8.07. The summed E-state index contributed by atoms with van der Waals surface area (Å²) in [7, 11) is 2.02. The minimum absolute atomic E-state index is 0.205. The molecule has 10 heteroatoms. The minimum atomic E-state index is -0.250. The van der Waals surface area contributed by atoms with E-state index in [0.717, 1.165) is 51.3 Å². The molecule has 0 unspecified atom stereocenters. The van der Waals surface area contributed by atoms with Crippen LogP contribution < -0.4 is 4.90 Å². The normalized spacial score (nSPS) is 20.2. The van der Waals surface area contributed by atoms with Gasteiger partial charge in [-0.3, -0.25) is 19.2 Å². The molecule has 0 radical (unpaired) electrons. The van der Waals surface area contributed by atoms with E-state index in [-0.39, 0.29) is 18.8 Å². The summed E-state index contributed by atoms with van der Waals surface area (Å²) < 4.78 is 16.0. The minimum Gasteiger partial charge on any atom is -0.483 e. The SMILES string of the molecule is Cc1nn(C)c(C)c1CN1C[C@H]2CCN(c3ncccc3F)CC[C@H]2C1.O=CO.O=CO. The fraction of sp³-hybridized carbons (Fsp3) is 0.545. The first-order valence-electron chi connectivity index (χ1n) is 10.6. The molecular formula is C22H32FN5O4. The monoisotopic (exact) mass is 449 g/mol. The molecule has 2 aromatic heterocycles. The maximum absolute atomic E-state index is 14.1. The van der Waals surface area contributed by atoms with Crippen molar-refractivity contribution >= 4 is 18.8 Å². The first-order chi connectivity index (χ1) is 15.4. The number of nitrogens with zero attached hydrogens (tertiary/aromatic N) is 5. The van der Waals surface area contributed by atoms with Gasteiger partial charge in [-0.15, -0.1) is 0 Å². The molecule has 2 fully saturated rings. The molecule has 4 rings (SSSR count). The van der Waals surface area contributed by atoms with E-state index in [1.807, 2.05) is 11.7 Å². The maximum Gasteiger partial charge on any atom is 0.290 e. The van der Waals surface area contributed by atoms with E-state index in [0.29, 0.717) is 17.7 Å². The highest BCUT2D eigenvalue weighted by molar-refractivity contribution is 5.39. The van der Waals surface area contributed by atoms with Gasteiger partial charge >= 0.3 is 0 Å². The van der Waals surface area contributed by atoms with Gasteiger partial charge in [0.15, 0.2) is 11.6 Å². The van der Waals surface area contributed by atoms with E-state index < -0.39 is 0 Å². The van der Waals surface area contributed by atoms with Crippen LogP contribution in [0.15, 0.2) is 18.3 Å². The van der Waals surface area contributed by atoms with Gasteiger partial charge in [-0.05, 0) is 50.7 Å². The van der Waals surface area contributed by atoms with Crippen molar-refractivity contribution in [3.63, 3.8) is 0 Å². The number of aromatic nitrogens is 3. The van der Waals surface area contributed by atoms with Crippen LogP contribution >= 0.6 is 0 Å². The molecule has 0 spiro atoms. The molecule has 2 aliphatic heterocycles. The number of likely N-dealkylation sites (tertiary alicyclic amines) is 1. The lowest BCUT2D eigenvalue weighted by atomic mass is 9.92. The lowest BCUT2D eigenvalue weighted by Crippen LogP contribution is -2.28. The molecule has 2 N–H and O–H groups in total. The Morgan fingerprint density at radius 3 is 2.16 bits per heavy atom. The van der Waals surface area contributed by atoms with Crippen molar-refractivity contribution in [2.24, 2.45) is 18.9 Å². The molecule has 0 amide bonds. The largest absolute Gasteiger partial charge is 0.483 e. The number of hydrogen-bond acceptors (Lipinski definition) is 6. The van der Waals surface area contributed by atoms with Crippen LogP contribution in [0, 0.1) is 31.5 Å². The molecule has 0 bridgehead atoms. The average Bonchev–Trinajstić information content (AvgIpc) is 3.17. The molecule has 9 nitrogen and oxygen atoms in total. The van der Waals surface area contributed by atoms with E-state index in [4.69, 9.17) is 19.8 Å². The zero-order chi connectivity index (χ0) is 23.7. The van der Waals surface area contributed by atoms with E-state index in [1.54, 1.807) is 12.3 Å². The number of aryl methyl sites for hydroxylation is 2. The van der Waals surface area contributed by atoms with Gasteiger partial charge in [0, 0.05) is 57.2 Å². The zero-order valence-electron chi connectivity index (χ0n) is 18.8. The topological polar surface area (TPSA) is 112 Å². The van der Waals surface area contributed by atoms with Gasteiger partial charge in [0.2, 0.25) is 0 Å². The van der Waals surface area contributed by atoms with Crippen molar-refractivity contribution in [1.82, 2.24) is 19.7 Å². The van der Waals surface area contributed by atoms with Crippen molar-refractivity contribution < 1.29 is 24.2 Å². The Bertz CT molecular complexity index is 869. The highest BCUT2D eigenvalue weighted by atomic mass is 19.1. The summed E-state index contributed by atoms with van der Waals surface area (Å²) >= 11 is 0. The van der Waals surface area contributed by atoms with Crippen LogP contribution in [0.25, 0.3) is 0 Å². The van der Waals surface area contributed by atoms with Crippen molar-refractivity contribution in [3.8, 4) is 0 Å². The molecule has 0 aromatic carbocycles. The third-order valence-corrected chi connectivity index (χ3v) is 6.27. The molecule has 2 aliphatic rings. The summed E-state index contributed by atoms with van der Waals surface area (Å²) in [6.45, 7) is 8.82. The number of pyridine rings is 1. The summed E-state index contributed by atoms with van der Waals surface area (Å²) in [4.78, 5) is 25.7. The Labute approximate surface area is 187 Å². The Balaban J connectivity index is 0.000000547. The summed E-state index contributed by atoms with van der Waals surface area (Å²) in [6, 6.07) is 3.17. The van der Waals surface area contributed by atoms with Gasteiger partial charge < -0.3 is 15.1 Å². The quantitative estimate of drug-likeness (QED) is 0.687. The van der Waals surface area contributed by atoms with Crippen LogP contribution in [0.4, 0.5) is 10.2 Å². The first-order valence-corrected chi connectivity index (χ1v) is 10.6. The lowest BCUT2D eigenvalue weighted by molar-refractivity contribution is -0.123. The molecule has 2 aromatic rings. The average molecular weight is 450 g/mol. The van der Waals surface area contributed by atoms with E-state index in [2.05, 4.69) is 33.7 Å². The van der Waals surface area contributed by atoms with Gasteiger partial charge in [0.05, 0.1) is 5.69 Å². The number of hydrogen-bond donors (Lipinski definition) is 2. The Morgan fingerprint density at radius 2 is 1.69 bits per heavy atom. The molecule has 0 saturated carbocycles. The highest BCUT2D eigenvalue weighted by Gasteiger charge is 2.35. The van der Waals surface area contributed by atoms with E-state index in [9.17, 15) is 4.39 Å². The number of fused-ring (bicyclic) bond motifs is 1. The smallest absolute Gasteiger partial charge is 0.290 e. The van der Waals surface area contributed by atoms with E-state index >= 15 is 0 Å². The second-order valence-corrected chi connectivity index (χ2v) is 8.07. The molecule has 2 atom stereocenters. The maximum atomic E-state index is 14.1. The van der Waals surface area contributed by atoms with Gasteiger partial charge in [-0.2, -0.15) is 5.10 Å². The zero-order valence-corrected chi connectivity index (χ0v) is 18.8. The van der Waals surface area contributed by atoms with Crippen molar-refractivity contribution in [3.05, 3.63) is 41.1 Å². The van der Waals surface area contributed by atoms with Crippen LogP contribution in [0.3, 0.4) is 0 Å². The van der Waals surface area contributed by atoms with Gasteiger partial charge in [-0.25, -0.2) is 9.37 Å². The molecule has 176 valence electrons. The fourth-order valence-corrected chi connectivity index (χ4v) is 4.67.